The molecule has 2 aromatic rings. The topological polar surface area (TPSA) is 85.7 Å². The molecule has 0 bridgehead atoms. The van der Waals surface area contributed by atoms with E-state index < -0.39 is 5.60 Å². The van der Waals surface area contributed by atoms with Gasteiger partial charge >= 0.3 is 0 Å². The third-order valence-electron chi connectivity index (χ3n) is 3.64. The van der Waals surface area contributed by atoms with Crippen LogP contribution in [-0.4, -0.2) is 28.3 Å². The summed E-state index contributed by atoms with van der Waals surface area (Å²) >= 11 is 5.92. The molecule has 22 heavy (non-hydrogen) atoms. The van der Waals surface area contributed by atoms with Gasteiger partial charge in [-0.2, -0.15) is 5.10 Å². The number of hydrogen-bond acceptors (Lipinski definition) is 3. The van der Waals surface area contributed by atoms with Crippen molar-refractivity contribution in [1.82, 2.24) is 5.01 Å². The van der Waals surface area contributed by atoms with Crippen molar-refractivity contribution in [3.63, 3.8) is 0 Å². The van der Waals surface area contributed by atoms with Crippen molar-refractivity contribution in [2.24, 2.45) is 10.8 Å². The Morgan fingerprint density at radius 3 is 2.41 bits per heavy atom. The SMILES string of the molecule is N=C(N)N1CC(O)(c2ccccc2)C(c2ccc(Cl)cc2)=N1. The summed E-state index contributed by atoms with van der Waals surface area (Å²) in [4.78, 5) is 0. The summed E-state index contributed by atoms with van der Waals surface area (Å²) in [6.45, 7) is 0.101. The van der Waals surface area contributed by atoms with Crippen molar-refractivity contribution < 1.29 is 5.11 Å². The van der Waals surface area contributed by atoms with Crippen LogP contribution in [0.4, 0.5) is 0 Å². The molecule has 0 radical (unpaired) electrons. The fourth-order valence-corrected chi connectivity index (χ4v) is 2.64. The minimum Gasteiger partial charge on any atom is -0.377 e. The molecule has 0 aliphatic carbocycles. The van der Waals surface area contributed by atoms with Gasteiger partial charge in [-0.15, -0.1) is 0 Å². The van der Waals surface area contributed by atoms with E-state index in [1.807, 2.05) is 30.3 Å². The van der Waals surface area contributed by atoms with Gasteiger partial charge in [-0.25, -0.2) is 5.01 Å². The van der Waals surface area contributed by atoms with Gasteiger partial charge in [0.1, 0.15) is 5.71 Å². The molecule has 0 aromatic heterocycles. The molecule has 1 atom stereocenters. The van der Waals surface area contributed by atoms with Gasteiger partial charge in [-0.3, -0.25) is 5.41 Å². The molecule has 112 valence electrons. The van der Waals surface area contributed by atoms with Crippen LogP contribution in [0.1, 0.15) is 11.1 Å². The lowest BCUT2D eigenvalue weighted by atomic mass is 9.86. The minimum absolute atomic E-state index is 0.101. The predicted octanol–water partition coefficient (Wildman–Crippen LogP) is 2.14. The first-order chi connectivity index (χ1) is 10.5. The molecule has 0 spiro atoms. The number of hydrazone groups is 1. The number of nitrogens with one attached hydrogen (secondary N) is 1. The van der Waals surface area contributed by atoms with Crippen molar-refractivity contribution in [3.8, 4) is 0 Å². The Morgan fingerprint density at radius 1 is 1.18 bits per heavy atom. The van der Waals surface area contributed by atoms with Crippen molar-refractivity contribution in [3.05, 3.63) is 70.7 Å². The first kappa shape index (κ1) is 14.6. The number of aliphatic hydroxyl groups is 1. The molecule has 4 N–H and O–H groups in total. The Bertz CT molecular complexity index is 730. The standard InChI is InChI=1S/C16H15ClN4O/c17-13-8-6-11(7-9-13)14-16(22,10-21(20-14)15(18)19)12-4-2-1-3-5-12/h1-9,22H,10H2,(H3,18,19). The van der Waals surface area contributed by atoms with Gasteiger partial charge in [0.25, 0.3) is 0 Å². The summed E-state index contributed by atoms with van der Waals surface area (Å²) in [5.74, 6) is -0.210. The van der Waals surface area contributed by atoms with E-state index in [9.17, 15) is 5.11 Å². The number of nitrogens with two attached hydrogens (primary N) is 1. The summed E-state index contributed by atoms with van der Waals surface area (Å²) in [6.07, 6.45) is 0. The molecule has 6 heteroatoms. The minimum atomic E-state index is -1.33. The summed E-state index contributed by atoms with van der Waals surface area (Å²) in [6, 6.07) is 16.3. The normalized spacial score (nSPS) is 20.8. The van der Waals surface area contributed by atoms with Crippen LogP contribution in [-0.2, 0) is 5.60 Å². The van der Waals surface area contributed by atoms with Crippen LogP contribution in [0.5, 0.6) is 0 Å². The zero-order chi connectivity index (χ0) is 15.7. The zero-order valence-corrected chi connectivity index (χ0v) is 12.5. The second kappa shape index (κ2) is 5.44. The van der Waals surface area contributed by atoms with Crippen LogP contribution in [0.25, 0.3) is 0 Å². The van der Waals surface area contributed by atoms with E-state index >= 15 is 0 Å². The van der Waals surface area contributed by atoms with Crippen LogP contribution < -0.4 is 5.73 Å². The maximum Gasteiger partial charge on any atom is 0.209 e. The molecule has 5 nitrogen and oxygen atoms in total. The molecule has 1 aliphatic heterocycles. The summed E-state index contributed by atoms with van der Waals surface area (Å²) in [7, 11) is 0. The lowest BCUT2D eigenvalue weighted by molar-refractivity contribution is 0.104. The molecule has 1 heterocycles. The molecule has 0 amide bonds. The Hall–Kier alpha value is -2.37. The zero-order valence-electron chi connectivity index (χ0n) is 11.7. The highest BCUT2D eigenvalue weighted by Gasteiger charge is 2.44. The van der Waals surface area contributed by atoms with Gasteiger partial charge in [-0.1, -0.05) is 54.1 Å². The average Bonchev–Trinajstić information content (AvgIpc) is 2.88. The molecule has 1 aliphatic rings. The number of halogens is 1. The second-order valence-electron chi connectivity index (χ2n) is 5.12. The van der Waals surface area contributed by atoms with E-state index in [2.05, 4.69) is 5.10 Å². The Morgan fingerprint density at radius 2 is 1.82 bits per heavy atom. The number of β-amino-alcohol motifs (C(OH)–C–C–N with tert-alkyl or cyclic N) is 1. The quantitative estimate of drug-likeness (QED) is 0.586. The molecule has 0 fully saturated rings. The number of guanidine groups is 1. The summed E-state index contributed by atoms with van der Waals surface area (Å²) in [5.41, 5.74) is 6.09. The van der Waals surface area contributed by atoms with E-state index in [1.54, 1.807) is 24.3 Å². The average molecular weight is 315 g/mol. The number of rotatable bonds is 2. The molecule has 1 unspecified atom stereocenters. The van der Waals surface area contributed by atoms with Gasteiger partial charge in [0.2, 0.25) is 5.96 Å². The number of benzene rings is 2. The van der Waals surface area contributed by atoms with E-state index in [0.29, 0.717) is 16.3 Å². The monoisotopic (exact) mass is 314 g/mol. The highest BCUT2D eigenvalue weighted by atomic mass is 35.5. The third kappa shape index (κ3) is 2.45. The highest BCUT2D eigenvalue weighted by molar-refractivity contribution is 6.30. The van der Waals surface area contributed by atoms with Gasteiger partial charge in [0.15, 0.2) is 5.60 Å². The van der Waals surface area contributed by atoms with E-state index in [-0.39, 0.29) is 12.5 Å². The highest BCUT2D eigenvalue weighted by Crippen LogP contribution is 2.33. The molecule has 0 saturated heterocycles. The predicted molar refractivity (Wildman–Crippen MR) is 86.9 cm³/mol. The smallest absolute Gasteiger partial charge is 0.209 e. The van der Waals surface area contributed by atoms with Crippen LogP contribution in [0, 0.1) is 5.41 Å². The molecule has 3 rings (SSSR count). The first-order valence-corrected chi connectivity index (χ1v) is 7.13. The van der Waals surface area contributed by atoms with E-state index in [1.165, 1.54) is 5.01 Å². The first-order valence-electron chi connectivity index (χ1n) is 6.75. The van der Waals surface area contributed by atoms with Gasteiger partial charge in [0.05, 0.1) is 6.54 Å². The van der Waals surface area contributed by atoms with E-state index in [0.717, 1.165) is 5.56 Å². The number of nitrogens with zero attached hydrogens (tertiary/aromatic N) is 2. The molecular formula is C16H15ClN4O. The summed E-state index contributed by atoms with van der Waals surface area (Å²) < 4.78 is 0. The lowest BCUT2D eigenvalue weighted by Crippen LogP contribution is -2.41. The summed E-state index contributed by atoms with van der Waals surface area (Å²) in [5, 5.41) is 25.0. The van der Waals surface area contributed by atoms with Crippen LogP contribution in [0.2, 0.25) is 5.02 Å². The maximum atomic E-state index is 11.2. The largest absolute Gasteiger partial charge is 0.377 e. The number of hydrogen-bond donors (Lipinski definition) is 3. The van der Waals surface area contributed by atoms with Crippen molar-refractivity contribution in [2.75, 3.05) is 6.54 Å². The van der Waals surface area contributed by atoms with Crippen LogP contribution >= 0.6 is 11.6 Å². The fraction of sp³-hybridized carbons (Fsp3) is 0.125. The van der Waals surface area contributed by atoms with Crippen molar-refractivity contribution in [2.45, 2.75) is 5.60 Å². The van der Waals surface area contributed by atoms with Gasteiger partial charge in [-0.05, 0) is 17.7 Å². The molecular weight excluding hydrogens is 300 g/mol. The third-order valence-corrected chi connectivity index (χ3v) is 3.89. The Balaban J connectivity index is 2.11. The fourth-order valence-electron chi connectivity index (χ4n) is 2.52. The van der Waals surface area contributed by atoms with Gasteiger partial charge < -0.3 is 10.8 Å². The van der Waals surface area contributed by atoms with Crippen LogP contribution in [0.3, 0.4) is 0 Å². The van der Waals surface area contributed by atoms with Crippen molar-refractivity contribution >= 4 is 23.3 Å². The molecule has 0 saturated carbocycles. The maximum absolute atomic E-state index is 11.2. The van der Waals surface area contributed by atoms with Crippen LogP contribution in [0.15, 0.2) is 59.7 Å². The Labute approximate surface area is 133 Å². The second-order valence-corrected chi connectivity index (χ2v) is 5.56. The Kier molecular flexibility index (Phi) is 3.60. The van der Waals surface area contributed by atoms with Crippen molar-refractivity contribution in [1.29, 1.82) is 5.41 Å². The van der Waals surface area contributed by atoms with E-state index in [4.69, 9.17) is 22.7 Å². The molecule has 2 aromatic carbocycles. The lowest BCUT2D eigenvalue weighted by Gasteiger charge is -2.25. The van der Waals surface area contributed by atoms with Gasteiger partial charge in [0, 0.05) is 10.6 Å².